The summed E-state index contributed by atoms with van der Waals surface area (Å²) in [6.07, 6.45) is 4.23. The predicted molar refractivity (Wildman–Crippen MR) is 126 cm³/mol. The van der Waals surface area contributed by atoms with Crippen LogP contribution in [0.15, 0.2) is 66.7 Å². The van der Waals surface area contributed by atoms with Gasteiger partial charge in [0.15, 0.2) is 0 Å². The summed E-state index contributed by atoms with van der Waals surface area (Å²) in [5, 5.41) is 0.961. The molecule has 152 valence electrons. The molecule has 5 heteroatoms. The summed E-state index contributed by atoms with van der Waals surface area (Å²) < 4.78 is 18.7. The van der Waals surface area contributed by atoms with Gasteiger partial charge in [-0.3, -0.25) is 0 Å². The quantitative estimate of drug-likeness (QED) is 0.318. The summed E-state index contributed by atoms with van der Waals surface area (Å²) in [7, 11) is 4.08. The van der Waals surface area contributed by atoms with Gasteiger partial charge in [0.2, 0.25) is 0 Å². The second-order valence-corrected chi connectivity index (χ2v) is 8.16. The first kappa shape index (κ1) is 20.1. The summed E-state index contributed by atoms with van der Waals surface area (Å²) in [6.45, 7) is -0.417. The van der Waals surface area contributed by atoms with Crippen LogP contribution in [0.2, 0.25) is 0 Å². The lowest BCUT2D eigenvalue weighted by Crippen LogP contribution is -2.07. The fourth-order valence-corrected chi connectivity index (χ4v) is 4.09. The summed E-state index contributed by atoms with van der Waals surface area (Å²) in [6, 6.07) is 22.5. The zero-order chi connectivity index (χ0) is 20.9. The molecule has 0 fully saturated rings. The number of fused-ring (bicyclic) bond motifs is 1. The summed E-state index contributed by atoms with van der Waals surface area (Å²) >= 11 is 1.61. The number of thiazole rings is 1. The number of benzene rings is 3. The van der Waals surface area contributed by atoms with Gasteiger partial charge in [0, 0.05) is 25.3 Å². The van der Waals surface area contributed by atoms with Gasteiger partial charge in [0.1, 0.15) is 24.0 Å². The van der Waals surface area contributed by atoms with E-state index >= 15 is 0 Å². The number of hydrogen-bond donors (Lipinski definition) is 0. The number of ether oxygens (including phenoxy) is 1. The Morgan fingerprint density at radius 1 is 0.933 bits per heavy atom. The zero-order valence-corrected chi connectivity index (χ0v) is 17.8. The van der Waals surface area contributed by atoms with E-state index in [0.29, 0.717) is 5.75 Å². The summed E-state index contributed by atoms with van der Waals surface area (Å²) in [5.74, 6) is 0.675. The highest BCUT2D eigenvalue weighted by Crippen LogP contribution is 2.32. The molecule has 1 aromatic heterocycles. The van der Waals surface area contributed by atoms with Crippen molar-refractivity contribution >= 4 is 39.4 Å². The van der Waals surface area contributed by atoms with Crippen LogP contribution in [0.1, 0.15) is 11.1 Å². The molecule has 4 aromatic rings. The van der Waals surface area contributed by atoms with Crippen molar-refractivity contribution in [2.45, 2.75) is 0 Å². The molecule has 1 heterocycles. The first-order valence-corrected chi connectivity index (χ1v) is 10.6. The van der Waals surface area contributed by atoms with Gasteiger partial charge in [-0.25, -0.2) is 9.37 Å². The molecule has 0 atom stereocenters. The smallest absolute Gasteiger partial charge is 0.124 e. The van der Waals surface area contributed by atoms with Crippen molar-refractivity contribution in [2.24, 2.45) is 0 Å². The number of anilines is 1. The van der Waals surface area contributed by atoms with Gasteiger partial charge in [0.25, 0.3) is 0 Å². The maximum absolute atomic E-state index is 12.3. The van der Waals surface area contributed by atoms with E-state index in [1.54, 1.807) is 11.3 Å². The van der Waals surface area contributed by atoms with Gasteiger partial charge < -0.3 is 9.64 Å². The Morgan fingerprint density at radius 3 is 2.23 bits per heavy atom. The van der Waals surface area contributed by atoms with Gasteiger partial charge in [0.05, 0.1) is 10.2 Å². The third-order valence-corrected chi connectivity index (χ3v) is 5.81. The standard InChI is InChI=1S/C25H23FN2OS/c1-28(2)21-11-7-19(8-12-21)4-3-18-5-9-20(10-6-18)25-27-23-14-13-22(29-16-15-26)17-24(23)30-25/h3-14,17H,15-16H2,1-2H3/b4-3+. The summed E-state index contributed by atoms with van der Waals surface area (Å²) in [4.78, 5) is 6.81. The summed E-state index contributed by atoms with van der Waals surface area (Å²) in [5.41, 5.74) is 5.50. The predicted octanol–water partition coefficient (Wildman–Crippen LogP) is 6.55. The Kier molecular flexibility index (Phi) is 6.10. The van der Waals surface area contributed by atoms with Crippen molar-refractivity contribution in [1.82, 2.24) is 4.98 Å². The van der Waals surface area contributed by atoms with Crippen LogP contribution in [-0.2, 0) is 0 Å². The molecule has 0 aliphatic rings. The first-order valence-electron chi connectivity index (χ1n) is 9.78. The minimum absolute atomic E-state index is 0.0753. The highest BCUT2D eigenvalue weighted by molar-refractivity contribution is 7.21. The van der Waals surface area contributed by atoms with Crippen molar-refractivity contribution in [1.29, 1.82) is 0 Å². The lowest BCUT2D eigenvalue weighted by molar-refractivity contribution is 0.273. The molecular weight excluding hydrogens is 395 g/mol. The van der Waals surface area contributed by atoms with Crippen molar-refractivity contribution in [2.75, 3.05) is 32.3 Å². The SMILES string of the molecule is CN(C)c1ccc(/C=C/c2ccc(-c3nc4ccc(OCCF)cc4s3)cc2)cc1. The number of hydrogen-bond acceptors (Lipinski definition) is 4. The first-order chi connectivity index (χ1) is 14.6. The number of halogens is 1. The van der Waals surface area contributed by atoms with Gasteiger partial charge in [-0.05, 0) is 41.5 Å². The van der Waals surface area contributed by atoms with E-state index in [1.807, 2.05) is 32.3 Å². The lowest BCUT2D eigenvalue weighted by atomic mass is 10.1. The molecule has 0 radical (unpaired) electrons. The maximum atomic E-state index is 12.3. The third kappa shape index (κ3) is 4.69. The van der Waals surface area contributed by atoms with Crippen LogP contribution in [0.5, 0.6) is 5.75 Å². The van der Waals surface area contributed by atoms with Gasteiger partial charge >= 0.3 is 0 Å². The van der Waals surface area contributed by atoms with E-state index in [0.717, 1.165) is 26.4 Å². The molecule has 3 aromatic carbocycles. The largest absolute Gasteiger partial charge is 0.491 e. The van der Waals surface area contributed by atoms with E-state index < -0.39 is 6.67 Å². The molecule has 0 saturated carbocycles. The molecule has 3 nitrogen and oxygen atoms in total. The highest BCUT2D eigenvalue weighted by atomic mass is 32.1. The van der Waals surface area contributed by atoms with Crippen molar-refractivity contribution in [3.8, 4) is 16.3 Å². The average molecular weight is 419 g/mol. The van der Waals surface area contributed by atoms with Gasteiger partial charge in [-0.15, -0.1) is 11.3 Å². The van der Waals surface area contributed by atoms with Crippen LogP contribution in [0.25, 0.3) is 32.9 Å². The molecular formula is C25H23FN2OS. The van der Waals surface area contributed by atoms with Crippen LogP contribution in [-0.4, -0.2) is 32.4 Å². The van der Waals surface area contributed by atoms with E-state index in [9.17, 15) is 4.39 Å². The minimum atomic E-state index is -0.492. The Labute approximate surface area is 180 Å². The van der Waals surface area contributed by atoms with E-state index in [-0.39, 0.29) is 6.61 Å². The third-order valence-electron chi connectivity index (χ3n) is 4.74. The maximum Gasteiger partial charge on any atom is 0.124 e. The van der Waals surface area contributed by atoms with Crippen molar-refractivity contribution < 1.29 is 9.13 Å². The Balaban J connectivity index is 1.48. The van der Waals surface area contributed by atoms with E-state index in [4.69, 9.17) is 9.72 Å². The van der Waals surface area contributed by atoms with Crippen LogP contribution in [0.4, 0.5) is 10.1 Å². The van der Waals surface area contributed by atoms with Crippen molar-refractivity contribution in [3.05, 3.63) is 77.9 Å². The number of aromatic nitrogens is 1. The van der Waals surface area contributed by atoms with Crippen molar-refractivity contribution in [3.63, 3.8) is 0 Å². The van der Waals surface area contributed by atoms with Crippen LogP contribution in [0, 0.1) is 0 Å². The number of alkyl halides is 1. The van der Waals surface area contributed by atoms with Gasteiger partial charge in [-0.2, -0.15) is 0 Å². The molecule has 0 aliphatic heterocycles. The van der Waals surface area contributed by atoms with E-state index in [2.05, 4.69) is 65.6 Å². The molecule has 0 saturated heterocycles. The molecule has 30 heavy (non-hydrogen) atoms. The molecule has 4 rings (SSSR count). The monoisotopic (exact) mass is 418 g/mol. The van der Waals surface area contributed by atoms with Gasteiger partial charge in [-0.1, -0.05) is 48.6 Å². The topological polar surface area (TPSA) is 25.4 Å². The fraction of sp³-hybridized carbons (Fsp3) is 0.160. The van der Waals surface area contributed by atoms with E-state index in [1.165, 1.54) is 11.3 Å². The fourth-order valence-electron chi connectivity index (χ4n) is 3.09. The zero-order valence-electron chi connectivity index (χ0n) is 17.0. The normalized spacial score (nSPS) is 11.3. The average Bonchev–Trinajstić information content (AvgIpc) is 3.20. The number of rotatable bonds is 7. The van der Waals surface area contributed by atoms with Crippen LogP contribution in [0.3, 0.4) is 0 Å². The Morgan fingerprint density at radius 2 is 1.60 bits per heavy atom. The Bertz CT molecular complexity index is 1150. The molecule has 0 unspecified atom stereocenters. The lowest BCUT2D eigenvalue weighted by Gasteiger charge is -2.11. The molecule has 0 bridgehead atoms. The van der Waals surface area contributed by atoms with Crippen LogP contribution < -0.4 is 9.64 Å². The Hall–Kier alpha value is -3.18. The second-order valence-electron chi connectivity index (χ2n) is 7.13. The molecule has 0 aliphatic carbocycles. The van der Waals surface area contributed by atoms with Crippen LogP contribution >= 0.6 is 11.3 Å². The second kappa shape index (κ2) is 9.09. The molecule has 0 N–H and O–H groups in total. The highest BCUT2D eigenvalue weighted by Gasteiger charge is 2.07. The number of nitrogens with zero attached hydrogens (tertiary/aromatic N) is 2. The minimum Gasteiger partial charge on any atom is -0.491 e. The molecule has 0 spiro atoms. The molecule has 0 amide bonds.